The second kappa shape index (κ2) is 6.50. The predicted octanol–water partition coefficient (Wildman–Crippen LogP) is 3.20. The first-order valence-electron chi connectivity index (χ1n) is 6.90. The number of alkyl halides is 1. The third-order valence-corrected chi connectivity index (χ3v) is 4.24. The van der Waals surface area contributed by atoms with E-state index in [1.807, 2.05) is 24.3 Å². The van der Waals surface area contributed by atoms with Gasteiger partial charge in [-0.25, -0.2) is 9.97 Å². The molecule has 0 bridgehead atoms. The van der Waals surface area contributed by atoms with Crippen LogP contribution in [-0.4, -0.2) is 36.1 Å². The molecule has 1 fully saturated rings. The third-order valence-electron chi connectivity index (χ3n) is 3.65. The summed E-state index contributed by atoms with van der Waals surface area (Å²) in [6.07, 6.45) is 3.54. The molecule has 3 rings (SSSR count). The fraction of sp³-hybridized carbons (Fsp3) is 0.333. The quantitative estimate of drug-likeness (QED) is 0.812. The summed E-state index contributed by atoms with van der Waals surface area (Å²) in [5.74, 6) is 1.26. The van der Waals surface area contributed by atoms with E-state index in [4.69, 9.17) is 23.2 Å². The molecule has 0 N–H and O–H groups in total. The Morgan fingerprint density at radius 2 is 1.62 bits per heavy atom. The number of halogens is 2. The Hall–Kier alpha value is -1.52. The molecule has 6 heteroatoms. The molecule has 0 unspecified atom stereocenters. The van der Waals surface area contributed by atoms with Gasteiger partial charge in [0, 0.05) is 44.5 Å². The number of nitrogens with zero attached hydrogens (tertiary/aromatic N) is 4. The molecule has 0 aliphatic carbocycles. The van der Waals surface area contributed by atoms with E-state index in [0.29, 0.717) is 5.88 Å². The van der Waals surface area contributed by atoms with E-state index in [1.165, 1.54) is 0 Å². The van der Waals surface area contributed by atoms with Crippen LogP contribution in [0.3, 0.4) is 0 Å². The highest BCUT2D eigenvalue weighted by molar-refractivity contribution is 6.33. The highest BCUT2D eigenvalue weighted by Gasteiger charge is 2.22. The number of aromatic nitrogens is 2. The molecular weight excluding hydrogens is 307 g/mol. The van der Waals surface area contributed by atoms with Gasteiger partial charge in [-0.3, -0.25) is 0 Å². The maximum Gasteiger partial charge on any atom is 0.225 e. The van der Waals surface area contributed by atoms with Crippen LogP contribution >= 0.6 is 23.2 Å². The number of anilines is 2. The van der Waals surface area contributed by atoms with E-state index in [9.17, 15) is 0 Å². The average molecular weight is 323 g/mol. The number of hydrogen-bond donors (Lipinski definition) is 0. The standard InChI is InChI=1S/C15H16Cl2N4/c16-11-12-3-1-4-13(17)14(12)20-7-9-21(10-8-20)15-18-5-2-6-19-15/h1-6H,7-11H2. The van der Waals surface area contributed by atoms with Crippen LogP contribution in [0.15, 0.2) is 36.7 Å². The lowest BCUT2D eigenvalue weighted by molar-refractivity contribution is 0.639. The Morgan fingerprint density at radius 1 is 0.952 bits per heavy atom. The highest BCUT2D eigenvalue weighted by Crippen LogP contribution is 2.32. The molecule has 0 saturated carbocycles. The molecule has 1 aromatic heterocycles. The van der Waals surface area contributed by atoms with Crippen LogP contribution < -0.4 is 9.80 Å². The fourth-order valence-electron chi connectivity index (χ4n) is 2.61. The molecule has 4 nitrogen and oxygen atoms in total. The Labute approximate surface area is 134 Å². The lowest BCUT2D eigenvalue weighted by Crippen LogP contribution is -2.47. The molecule has 1 aliphatic heterocycles. The first-order valence-corrected chi connectivity index (χ1v) is 7.81. The molecule has 1 saturated heterocycles. The zero-order valence-corrected chi connectivity index (χ0v) is 13.1. The van der Waals surface area contributed by atoms with Crippen LogP contribution in [-0.2, 0) is 5.88 Å². The SMILES string of the molecule is ClCc1cccc(Cl)c1N1CCN(c2ncccn2)CC1. The molecule has 1 aromatic carbocycles. The number of hydrogen-bond acceptors (Lipinski definition) is 4. The van der Waals surface area contributed by atoms with Crippen LogP contribution in [0.1, 0.15) is 5.56 Å². The van der Waals surface area contributed by atoms with E-state index in [-0.39, 0.29) is 0 Å². The maximum atomic E-state index is 6.36. The van der Waals surface area contributed by atoms with Crippen LogP contribution in [0.2, 0.25) is 5.02 Å². The average Bonchev–Trinajstić information content (AvgIpc) is 2.55. The molecule has 2 aromatic rings. The molecule has 0 atom stereocenters. The Bertz CT molecular complexity index is 598. The van der Waals surface area contributed by atoms with Gasteiger partial charge in [-0.05, 0) is 17.7 Å². The molecule has 1 aliphatic rings. The summed E-state index contributed by atoms with van der Waals surface area (Å²) in [5.41, 5.74) is 2.14. The number of rotatable bonds is 3. The summed E-state index contributed by atoms with van der Waals surface area (Å²) in [7, 11) is 0. The summed E-state index contributed by atoms with van der Waals surface area (Å²) < 4.78 is 0. The van der Waals surface area contributed by atoms with Gasteiger partial charge in [-0.2, -0.15) is 0 Å². The second-order valence-electron chi connectivity index (χ2n) is 4.90. The summed E-state index contributed by atoms with van der Waals surface area (Å²) in [6, 6.07) is 7.72. The molecule has 110 valence electrons. The largest absolute Gasteiger partial charge is 0.367 e. The van der Waals surface area contributed by atoms with Crippen molar-refractivity contribution in [1.29, 1.82) is 0 Å². The summed E-state index contributed by atoms with van der Waals surface area (Å²) >= 11 is 12.4. The van der Waals surface area contributed by atoms with E-state index in [0.717, 1.165) is 48.4 Å². The number of benzene rings is 1. The first kappa shape index (κ1) is 14.4. The molecule has 0 spiro atoms. The molecule has 21 heavy (non-hydrogen) atoms. The van der Waals surface area contributed by atoms with Gasteiger partial charge in [-0.15, -0.1) is 11.6 Å². The van der Waals surface area contributed by atoms with Gasteiger partial charge in [0.15, 0.2) is 0 Å². The van der Waals surface area contributed by atoms with Gasteiger partial charge < -0.3 is 9.80 Å². The van der Waals surface area contributed by atoms with Crippen molar-refractivity contribution >= 4 is 34.8 Å². The summed E-state index contributed by atoms with van der Waals surface area (Å²) in [5, 5.41) is 0.762. The zero-order chi connectivity index (χ0) is 14.7. The van der Waals surface area contributed by atoms with Crippen LogP contribution in [0.4, 0.5) is 11.6 Å². The van der Waals surface area contributed by atoms with Crippen molar-refractivity contribution in [3.63, 3.8) is 0 Å². The fourth-order valence-corrected chi connectivity index (χ4v) is 3.14. The molecular formula is C15H16Cl2N4. The van der Waals surface area contributed by atoms with Crippen molar-refractivity contribution < 1.29 is 0 Å². The van der Waals surface area contributed by atoms with Crippen LogP contribution in [0.5, 0.6) is 0 Å². The van der Waals surface area contributed by atoms with Crippen molar-refractivity contribution in [3.8, 4) is 0 Å². The Kier molecular flexibility index (Phi) is 4.46. The van der Waals surface area contributed by atoms with Gasteiger partial charge >= 0.3 is 0 Å². The van der Waals surface area contributed by atoms with Crippen molar-refractivity contribution in [1.82, 2.24) is 9.97 Å². The van der Waals surface area contributed by atoms with E-state index >= 15 is 0 Å². The van der Waals surface area contributed by atoms with E-state index in [2.05, 4.69) is 19.8 Å². The van der Waals surface area contributed by atoms with Gasteiger partial charge in [0.1, 0.15) is 0 Å². The Morgan fingerprint density at radius 3 is 2.29 bits per heavy atom. The highest BCUT2D eigenvalue weighted by atomic mass is 35.5. The van der Waals surface area contributed by atoms with Gasteiger partial charge in [0.25, 0.3) is 0 Å². The number of piperazine rings is 1. The maximum absolute atomic E-state index is 6.36. The molecule has 0 radical (unpaired) electrons. The lowest BCUT2D eigenvalue weighted by Gasteiger charge is -2.37. The van der Waals surface area contributed by atoms with Crippen LogP contribution in [0, 0.1) is 0 Å². The van der Waals surface area contributed by atoms with Gasteiger partial charge in [0.05, 0.1) is 10.7 Å². The van der Waals surface area contributed by atoms with E-state index in [1.54, 1.807) is 12.4 Å². The van der Waals surface area contributed by atoms with E-state index < -0.39 is 0 Å². The van der Waals surface area contributed by atoms with Crippen LogP contribution in [0.25, 0.3) is 0 Å². The molecule has 2 heterocycles. The van der Waals surface area contributed by atoms with Crippen molar-refractivity contribution in [2.24, 2.45) is 0 Å². The minimum atomic E-state index is 0.470. The van der Waals surface area contributed by atoms with Crippen molar-refractivity contribution in [2.75, 3.05) is 36.0 Å². The smallest absolute Gasteiger partial charge is 0.225 e. The summed E-state index contributed by atoms with van der Waals surface area (Å²) in [6.45, 7) is 3.51. The lowest BCUT2D eigenvalue weighted by atomic mass is 10.1. The number of para-hydroxylation sites is 1. The van der Waals surface area contributed by atoms with Gasteiger partial charge in [0.2, 0.25) is 5.95 Å². The molecule has 0 amide bonds. The van der Waals surface area contributed by atoms with Crippen molar-refractivity contribution in [3.05, 3.63) is 47.2 Å². The monoisotopic (exact) mass is 322 g/mol. The zero-order valence-electron chi connectivity index (χ0n) is 11.5. The topological polar surface area (TPSA) is 32.3 Å². The normalized spacial score (nSPS) is 15.3. The summed E-state index contributed by atoms with van der Waals surface area (Å²) in [4.78, 5) is 13.1. The minimum Gasteiger partial charge on any atom is -0.367 e. The first-order chi connectivity index (χ1) is 10.3. The van der Waals surface area contributed by atoms with Gasteiger partial charge in [-0.1, -0.05) is 23.7 Å². The third kappa shape index (κ3) is 3.06. The Balaban J connectivity index is 1.75. The predicted molar refractivity (Wildman–Crippen MR) is 87.5 cm³/mol. The second-order valence-corrected chi connectivity index (χ2v) is 5.58. The van der Waals surface area contributed by atoms with Crippen molar-refractivity contribution in [2.45, 2.75) is 5.88 Å². The minimum absolute atomic E-state index is 0.470.